The highest BCUT2D eigenvalue weighted by Gasteiger charge is 2.46. The van der Waals surface area contributed by atoms with Gasteiger partial charge >= 0.3 is 5.97 Å². The van der Waals surface area contributed by atoms with Crippen LogP contribution in [0.1, 0.15) is 37.6 Å². The summed E-state index contributed by atoms with van der Waals surface area (Å²) in [4.78, 5) is 17.9. The molecule has 18 heavy (non-hydrogen) atoms. The number of nitrogens with zero attached hydrogens (tertiary/aromatic N) is 2. The molecule has 1 unspecified atom stereocenters. The fourth-order valence-corrected chi connectivity index (χ4v) is 3.71. The fourth-order valence-electron chi connectivity index (χ4n) is 2.74. The molecule has 1 aliphatic rings. The Morgan fingerprint density at radius 3 is 3.06 bits per heavy atom. The van der Waals surface area contributed by atoms with Gasteiger partial charge in [0.25, 0.3) is 0 Å². The predicted octanol–water partition coefficient (Wildman–Crippen LogP) is 3.02. The number of halogens is 1. The van der Waals surface area contributed by atoms with Crippen LogP contribution in [0.5, 0.6) is 0 Å². The lowest BCUT2D eigenvalue weighted by molar-refractivity contribution is -0.150. The van der Waals surface area contributed by atoms with Gasteiger partial charge in [0, 0.05) is 0 Å². The molecule has 0 aromatic carbocycles. The summed E-state index contributed by atoms with van der Waals surface area (Å²) in [5.41, 5.74) is -0.701. The number of rotatable bonds is 5. The summed E-state index contributed by atoms with van der Waals surface area (Å²) in [6, 6.07) is 0. The lowest BCUT2D eigenvalue weighted by Crippen LogP contribution is -2.49. The molecule has 0 amide bonds. The van der Waals surface area contributed by atoms with E-state index >= 15 is 0 Å². The van der Waals surface area contributed by atoms with Crippen LogP contribution < -0.4 is 0 Å². The van der Waals surface area contributed by atoms with E-state index in [2.05, 4.69) is 4.98 Å². The molecular weight excluding hydrogens is 272 g/mol. The van der Waals surface area contributed by atoms with E-state index in [0.717, 1.165) is 30.8 Å². The molecule has 2 rings (SSSR count). The van der Waals surface area contributed by atoms with E-state index in [4.69, 9.17) is 11.6 Å². The van der Waals surface area contributed by atoms with Crippen LogP contribution in [0.4, 0.5) is 0 Å². The molecule has 1 N–H and O–H groups in total. The van der Waals surface area contributed by atoms with Crippen molar-refractivity contribution in [3.05, 3.63) is 15.5 Å². The monoisotopic (exact) mass is 288 g/mol. The Morgan fingerprint density at radius 2 is 2.50 bits per heavy atom. The van der Waals surface area contributed by atoms with Gasteiger partial charge in [0.2, 0.25) is 0 Å². The van der Waals surface area contributed by atoms with Gasteiger partial charge < -0.3 is 5.11 Å². The highest BCUT2D eigenvalue weighted by Crippen LogP contribution is 2.36. The lowest BCUT2D eigenvalue weighted by Gasteiger charge is -2.34. The Morgan fingerprint density at radius 1 is 1.72 bits per heavy atom. The Bertz CT molecular complexity index is 437. The van der Waals surface area contributed by atoms with Crippen molar-refractivity contribution in [1.29, 1.82) is 0 Å². The van der Waals surface area contributed by atoms with E-state index < -0.39 is 11.5 Å². The summed E-state index contributed by atoms with van der Waals surface area (Å²) in [6.07, 6.45) is 4.86. The number of aromatic nitrogens is 1. The van der Waals surface area contributed by atoms with E-state index in [0.29, 0.717) is 17.3 Å². The third-order valence-corrected chi connectivity index (χ3v) is 4.64. The molecule has 1 aliphatic heterocycles. The minimum atomic E-state index is -0.704. The predicted molar refractivity (Wildman–Crippen MR) is 72.0 cm³/mol. The first-order chi connectivity index (χ1) is 8.58. The molecule has 0 bridgehead atoms. The number of aliphatic carboxylic acids is 1. The molecule has 6 heteroatoms. The first kappa shape index (κ1) is 13.8. The summed E-state index contributed by atoms with van der Waals surface area (Å²) in [5.74, 6) is -0.704. The van der Waals surface area contributed by atoms with Gasteiger partial charge in [0.15, 0.2) is 0 Å². The van der Waals surface area contributed by atoms with Gasteiger partial charge in [-0.2, -0.15) is 0 Å². The van der Waals surface area contributed by atoms with Crippen LogP contribution in [0, 0.1) is 0 Å². The Balaban J connectivity index is 2.17. The molecule has 0 aliphatic carbocycles. The van der Waals surface area contributed by atoms with E-state index in [9.17, 15) is 9.90 Å². The number of hydrogen-bond donors (Lipinski definition) is 1. The first-order valence-electron chi connectivity index (χ1n) is 6.17. The van der Waals surface area contributed by atoms with E-state index in [1.807, 2.05) is 11.8 Å². The largest absolute Gasteiger partial charge is 0.480 e. The van der Waals surface area contributed by atoms with Crippen molar-refractivity contribution < 1.29 is 9.90 Å². The quantitative estimate of drug-likeness (QED) is 0.905. The van der Waals surface area contributed by atoms with Crippen LogP contribution in [0.3, 0.4) is 0 Å². The second kappa shape index (κ2) is 5.55. The highest BCUT2D eigenvalue weighted by molar-refractivity contribution is 7.15. The van der Waals surface area contributed by atoms with E-state index in [-0.39, 0.29) is 0 Å². The van der Waals surface area contributed by atoms with Crippen molar-refractivity contribution in [3.63, 3.8) is 0 Å². The molecule has 0 saturated carbocycles. The van der Waals surface area contributed by atoms with Crippen molar-refractivity contribution in [2.24, 2.45) is 0 Å². The molecule has 4 nitrogen and oxygen atoms in total. The maximum Gasteiger partial charge on any atom is 0.324 e. The van der Waals surface area contributed by atoms with Crippen molar-refractivity contribution in [1.82, 2.24) is 9.88 Å². The third-order valence-electron chi connectivity index (χ3n) is 3.54. The molecule has 1 atom stereocenters. The average Bonchev–Trinajstić information content (AvgIpc) is 2.88. The Hall–Kier alpha value is -0.650. The minimum absolute atomic E-state index is 0.587. The van der Waals surface area contributed by atoms with Crippen molar-refractivity contribution in [2.75, 3.05) is 6.54 Å². The maximum atomic E-state index is 11.6. The van der Waals surface area contributed by atoms with Crippen LogP contribution in [-0.2, 0) is 11.3 Å². The van der Waals surface area contributed by atoms with Gasteiger partial charge in [-0.1, -0.05) is 24.9 Å². The molecule has 1 aromatic rings. The molecule has 2 heterocycles. The Labute approximate surface area is 116 Å². The van der Waals surface area contributed by atoms with Gasteiger partial charge in [-0.05, 0) is 25.8 Å². The second-order valence-electron chi connectivity index (χ2n) is 4.67. The molecular formula is C12H17ClN2O2S. The number of likely N-dealkylation sites (tertiary alicyclic amines) is 1. The van der Waals surface area contributed by atoms with Gasteiger partial charge in [-0.3, -0.25) is 9.69 Å². The van der Waals surface area contributed by atoms with Crippen LogP contribution in [0.15, 0.2) is 6.20 Å². The third kappa shape index (κ3) is 2.53. The van der Waals surface area contributed by atoms with Crippen LogP contribution in [0.25, 0.3) is 0 Å². The standard InChI is InChI=1S/C12H17ClN2O2S/c1-2-4-12(11(16)17)5-3-6-15(12)8-10-14-7-9(13)18-10/h7H,2-6,8H2,1H3,(H,16,17). The molecule has 1 fully saturated rings. The summed E-state index contributed by atoms with van der Waals surface area (Å²) >= 11 is 7.29. The van der Waals surface area contributed by atoms with Crippen molar-refractivity contribution in [2.45, 2.75) is 44.7 Å². The molecule has 1 saturated heterocycles. The summed E-state index contributed by atoms with van der Waals surface area (Å²) in [6.45, 7) is 3.44. The number of carbonyl (C=O) groups is 1. The van der Waals surface area contributed by atoms with Crippen molar-refractivity contribution >= 4 is 28.9 Å². The normalized spacial score (nSPS) is 24.6. The van der Waals surface area contributed by atoms with Crippen LogP contribution in [0.2, 0.25) is 4.34 Å². The minimum Gasteiger partial charge on any atom is -0.480 e. The molecule has 0 radical (unpaired) electrons. The van der Waals surface area contributed by atoms with Crippen LogP contribution in [-0.4, -0.2) is 33.0 Å². The smallest absolute Gasteiger partial charge is 0.324 e. The van der Waals surface area contributed by atoms with Crippen molar-refractivity contribution in [3.8, 4) is 0 Å². The summed E-state index contributed by atoms with van der Waals surface area (Å²) < 4.78 is 0.653. The number of carboxylic acid groups (broad SMARTS) is 1. The number of carboxylic acids is 1. The topological polar surface area (TPSA) is 53.4 Å². The SMILES string of the molecule is CCCC1(C(=O)O)CCCN1Cc1ncc(Cl)s1. The zero-order valence-corrected chi connectivity index (χ0v) is 11.9. The summed E-state index contributed by atoms with van der Waals surface area (Å²) in [7, 11) is 0. The number of hydrogen-bond acceptors (Lipinski definition) is 4. The first-order valence-corrected chi connectivity index (χ1v) is 7.36. The summed E-state index contributed by atoms with van der Waals surface area (Å²) in [5, 5.41) is 10.5. The zero-order valence-electron chi connectivity index (χ0n) is 10.4. The molecule has 100 valence electrons. The highest BCUT2D eigenvalue weighted by atomic mass is 35.5. The average molecular weight is 289 g/mol. The Kier molecular flexibility index (Phi) is 4.25. The van der Waals surface area contributed by atoms with E-state index in [1.54, 1.807) is 6.20 Å². The van der Waals surface area contributed by atoms with Gasteiger partial charge in [0.05, 0.1) is 12.7 Å². The molecule has 0 spiro atoms. The molecule has 1 aromatic heterocycles. The second-order valence-corrected chi connectivity index (χ2v) is 6.42. The maximum absolute atomic E-state index is 11.6. The van der Waals surface area contributed by atoms with Gasteiger partial charge in [0.1, 0.15) is 14.9 Å². The lowest BCUT2D eigenvalue weighted by atomic mass is 9.91. The van der Waals surface area contributed by atoms with Crippen LogP contribution >= 0.6 is 22.9 Å². The van der Waals surface area contributed by atoms with Gasteiger partial charge in [-0.25, -0.2) is 4.98 Å². The van der Waals surface area contributed by atoms with Gasteiger partial charge in [-0.15, -0.1) is 11.3 Å². The number of thiazole rings is 1. The fraction of sp³-hybridized carbons (Fsp3) is 0.667. The zero-order chi connectivity index (χ0) is 13.2. The van der Waals surface area contributed by atoms with E-state index in [1.165, 1.54) is 11.3 Å².